The van der Waals surface area contributed by atoms with Crippen LogP contribution in [0.4, 0.5) is 0 Å². The Morgan fingerprint density at radius 1 is 1.28 bits per heavy atom. The van der Waals surface area contributed by atoms with Gasteiger partial charge in [0.2, 0.25) is 11.8 Å². The molecule has 0 saturated carbocycles. The number of rotatable bonds is 6. The highest BCUT2D eigenvalue weighted by Crippen LogP contribution is 2.03. The van der Waals surface area contributed by atoms with E-state index in [1.54, 1.807) is 0 Å². The van der Waals surface area contributed by atoms with Gasteiger partial charge in [0, 0.05) is 6.42 Å². The zero-order valence-electron chi connectivity index (χ0n) is 9.87. The third-order valence-electron chi connectivity index (χ3n) is 2.48. The number of hydrogen-bond acceptors (Lipinski definition) is 4. The van der Waals surface area contributed by atoms with Crippen LogP contribution in [0.15, 0.2) is 30.3 Å². The molecule has 0 heterocycles. The molecule has 0 fully saturated rings. The fourth-order valence-electron chi connectivity index (χ4n) is 1.43. The monoisotopic (exact) mass is 251 g/mol. The lowest BCUT2D eigenvalue weighted by molar-refractivity contribution is -0.128. The van der Waals surface area contributed by atoms with Gasteiger partial charge < -0.3 is 21.9 Å². The molecular weight excluding hydrogens is 234 g/mol. The summed E-state index contributed by atoms with van der Waals surface area (Å²) in [4.78, 5) is 22.7. The van der Waals surface area contributed by atoms with E-state index in [1.807, 2.05) is 30.3 Å². The van der Waals surface area contributed by atoms with Gasteiger partial charge in [-0.05, 0) is 5.56 Å². The van der Waals surface area contributed by atoms with Gasteiger partial charge in [-0.1, -0.05) is 30.3 Å². The van der Waals surface area contributed by atoms with Crippen LogP contribution >= 0.6 is 0 Å². The number of carbonyl (C=O) groups excluding carboxylic acids is 2. The highest BCUT2D eigenvalue weighted by molar-refractivity contribution is 5.89. The molecule has 0 aliphatic heterocycles. The molecule has 0 saturated heterocycles. The molecule has 0 radical (unpaired) electrons. The van der Waals surface area contributed by atoms with Crippen molar-refractivity contribution in [3.8, 4) is 0 Å². The Morgan fingerprint density at radius 3 is 2.39 bits per heavy atom. The molecule has 0 aromatic heterocycles. The maximum atomic E-state index is 11.5. The Hall–Kier alpha value is -1.92. The molecule has 2 atom stereocenters. The second kappa shape index (κ2) is 6.73. The first-order chi connectivity index (χ1) is 8.54. The molecule has 1 aromatic rings. The highest BCUT2D eigenvalue weighted by atomic mass is 16.3. The van der Waals surface area contributed by atoms with Crippen molar-refractivity contribution in [1.82, 2.24) is 5.32 Å². The van der Waals surface area contributed by atoms with Crippen LogP contribution in [-0.4, -0.2) is 35.6 Å². The Morgan fingerprint density at radius 2 is 1.89 bits per heavy atom. The summed E-state index contributed by atoms with van der Waals surface area (Å²) in [6, 6.07) is 7.27. The smallest absolute Gasteiger partial charge is 0.240 e. The number of nitrogens with two attached hydrogens (primary N) is 2. The number of aliphatic hydroxyl groups is 1. The molecule has 6 nitrogen and oxygen atoms in total. The van der Waals surface area contributed by atoms with Gasteiger partial charge in [0.25, 0.3) is 0 Å². The summed E-state index contributed by atoms with van der Waals surface area (Å²) >= 11 is 0. The second-order valence-electron chi connectivity index (χ2n) is 3.94. The second-order valence-corrected chi connectivity index (χ2v) is 3.94. The van der Waals surface area contributed by atoms with E-state index >= 15 is 0 Å². The Kier molecular flexibility index (Phi) is 5.29. The van der Waals surface area contributed by atoms with Crippen molar-refractivity contribution < 1.29 is 14.7 Å². The minimum Gasteiger partial charge on any atom is -0.394 e. The molecule has 18 heavy (non-hydrogen) atoms. The molecule has 0 aliphatic rings. The van der Waals surface area contributed by atoms with Gasteiger partial charge in [-0.2, -0.15) is 0 Å². The molecule has 6 N–H and O–H groups in total. The van der Waals surface area contributed by atoms with Crippen molar-refractivity contribution >= 4 is 11.8 Å². The zero-order valence-corrected chi connectivity index (χ0v) is 9.87. The first-order valence-corrected chi connectivity index (χ1v) is 5.54. The molecule has 98 valence electrons. The van der Waals surface area contributed by atoms with Crippen LogP contribution < -0.4 is 16.8 Å². The summed E-state index contributed by atoms with van der Waals surface area (Å²) in [6.45, 7) is -0.483. The average molecular weight is 251 g/mol. The maximum absolute atomic E-state index is 11.5. The van der Waals surface area contributed by atoms with E-state index in [9.17, 15) is 9.59 Å². The van der Waals surface area contributed by atoms with Crippen LogP contribution in [0.2, 0.25) is 0 Å². The third kappa shape index (κ3) is 4.15. The average Bonchev–Trinajstić information content (AvgIpc) is 2.37. The van der Waals surface area contributed by atoms with Gasteiger partial charge in [0.15, 0.2) is 0 Å². The first-order valence-electron chi connectivity index (χ1n) is 5.54. The lowest BCUT2D eigenvalue weighted by atomic mass is 10.1. The third-order valence-corrected chi connectivity index (χ3v) is 2.48. The first kappa shape index (κ1) is 14.1. The van der Waals surface area contributed by atoms with Crippen molar-refractivity contribution in [3.63, 3.8) is 0 Å². The summed E-state index contributed by atoms with van der Waals surface area (Å²) in [7, 11) is 0. The highest BCUT2D eigenvalue weighted by Gasteiger charge is 2.21. The minimum atomic E-state index is -1.05. The number of nitrogens with one attached hydrogen (secondary N) is 1. The van der Waals surface area contributed by atoms with E-state index in [1.165, 1.54) is 0 Å². The van der Waals surface area contributed by atoms with Crippen molar-refractivity contribution in [2.24, 2.45) is 11.5 Å². The van der Waals surface area contributed by atoms with E-state index in [0.717, 1.165) is 5.56 Å². The molecule has 0 unspecified atom stereocenters. The zero-order chi connectivity index (χ0) is 13.5. The molecular formula is C12H17N3O3. The summed E-state index contributed by atoms with van der Waals surface area (Å²) in [5.74, 6) is -1.24. The van der Waals surface area contributed by atoms with Crippen LogP contribution in [0.25, 0.3) is 0 Å². The van der Waals surface area contributed by atoms with Crippen molar-refractivity contribution in [3.05, 3.63) is 35.9 Å². The molecule has 0 aliphatic carbocycles. The number of hydrogen-bond donors (Lipinski definition) is 4. The van der Waals surface area contributed by atoms with Crippen LogP contribution in [0.5, 0.6) is 0 Å². The van der Waals surface area contributed by atoms with Gasteiger partial charge in [-0.15, -0.1) is 0 Å². The Balaban J connectivity index is 2.67. The largest absolute Gasteiger partial charge is 0.394 e. The molecule has 0 spiro atoms. The van der Waals surface area contributed by atoms with Crippen LogP contribution in [-0.2, 0) is 16.0 Å². The quantitative estimate of drug-likeness (QED) is 0.493. The minimum absolute atomic E-state index is 0.292. The van der Waals surface area contributed by atoms with Crippen molar-refractivity contribution in [2.45, 2.75) is 18.5 Å². The number of amides is 2. The topological polar surface area (TPSA) is 118 Å². The predicted octanol–water partition coefficient (Wildman–Crippen LogP) is -1.48. The fourth-order valence-corrected chi connectivity index (χ4v) is 1.43. The molecule has 2 amide bonds. The standard InChI is InChI=1S/C12H17N3O3/c13-9(7-16)12(18)15-10(11(14)17)6-8-4-2-1-3-5-8/h1-5,9-10,16H,6-7,13H2,(H2,14,17)(H,15,18)/t9-,10-/m0/s1. The number of primary amides is 1. The van der Waals surface area contributed by atoms with Gasteiger partial charge >= 0.3 is 0 Å². The van der Waals surface area contributed by atoms with Gasteiger partial charge in [0.1, 0.15) is 12.1 Å². The summed E-state index contributed by atoms with van der Waals surface area (Å²) in [6.07, 6.45) is 0.292. The van der Waals surface area contributed by atoms with Crippen LogP contribution in [0.1, 0.15) is 5.56 Å². The van der Waals surface area contributed by atoms with Gasteiger partial charge in [-0.3, -0.25) is 9.59 Å². The summed E-state index contributed by atoms with van der Waals surface area (Å²) in [5, 5.41) is 11.2. The maximum Gasteiger partial charge on any atom is 0.240 e. The lowest BCUT2D eigenvalue weighted by Gasteiger charge is -2.17. The SMILES string of the molecule is NC(=O)[C@H](Cc1ccccc1)NC(=O)[C@@H](N)CO. The van der Waals surface area contributed by atoms with Crippen molar-refractivity contribution in [1.29, 1.82) is 0 Å². The number of benzene rings is 1. The van der Waals surface area contributed by atoms with E-state index in [-0.39, 0.29) is 0 Å². The lowest BCUT2D eigenvalue weighted by Crippen LogP contribution is -2.52. The van der Waals surface area contributed by atoms with E-state index < -0.39 is 30.5 Å². The van der Waals surface area contributed by atoms with E-state index in [2.05, 4.69) is 5.32 Å². The fraction of sp³-hybridized carbons (Fsp3) is 0.333. The predicted molar refractivity (Wildman–Crippen MR) is 66.3 cm³/mol. The molecule has 6 heteroatoms. The normalized spacial score (nSPS) is 13.7. The Bertz CT molecular complexity index is 408. The van der Waals surface area contributed by atoms with Gasteiger partial charge in [-0.25, -0.2) is 0 Å². The van der Waals surface area contributed by atoms with E-state index in [4.69, 9.17) is 16.6 Å². The van der Waals surface area contributed by atoms with Crippen LogP contribution in [0.3, 0.4) is 0 Å². The van der Waals surface area contributed by atoms with Gasteiger partial charge in [0.05, 0.1) is 6.61 Å². The Labute approximate surface area is 105 Å². The van der Waals surface area contributed by atoms with Crippen molar-refractivity contribution in [2.75, 3.05) is 6.61 Å². The van der Waals surface area contributed by atoms with E-state index in [0.29, 0.717) is 6.42 Å². The summed E-state index contributed by atoms with van der Waals surface area (Å²) < 4.78 is 0. The van der Waals surface area contributed by atoms with Crippen LogP contribution in [0, 0.1) is 0 Å². The molecule has 0 bridgehead atoms. The summed E-state index contributed by atoms with van der Waals surface area (Å²) in [5.41, 5.74) is 11.4. The number of aliphatic hydroxyl groups excluding tert-OH is 1. The molecule has 1 aromatic carbocycles. The molecule has 1 rings (SSSR count). The number of carbonyl (C=O) groups is 2.